The molecule has 150 valence electrons. The topological polar surface area (TPSA) is 119 Å². The number of thiazole rings is 1. The van der Waals surface area contributed by atoms with E-state index in [0.29, 0.717) is 11.3 Å². The molecule has 28 heavy (non-hydrogen) atoms. The second kappa shape index (κ2) is 6.61. The quantitative estimate of drug-likeness (QED) is 0.353. The van der Waals surface area contributed by atoms with Crippen LogP contribution in [0.5, 0.6) is 0 Å². The summed E-state index contributed by atoms with van der Waals surface area (Å²) in [6, 6.07) is 3.25. The predicted octanol–water partition coefficient (Wildman–Crippen LogP) is 2.44. The van der Waals surface area contributed by atoms with E-state index in [1.165, 1.54) is 0 Å². The highest BCUT2D eigenvalue weighted by Gasteiger charge is 2.33. The largest absolute Gasteiger partial charge is 0.279 e. The Balaban J connectivity index is 2.09. The Kier molecular flexibility index (Phi) is 4.81. The van der Waals surface area contributed by atoms with Gasteiger partial charge in [-0.25, -0.2) is 48.9 Å². The van der Waals surface area contributed by atoms with Gasteiger partial charge in [-0.3, -0.25) is 4.72 Å². The van der Waals surface area contributed by atoms with Crippen molar-refractivity contribution in [2.75, 3.05) is 4.72 Å². The summed E-state index contributed by atoms with van der Waals surface area (Å²) in [5.74, 6) is -12.4. The van der Waals surface area contributed by atoms with E-state index < -0.39 is 58.4 Å². The molecule has 0 aliphatic rings. The minimum Gasteiger partial charge on any atom is -0.279 e. The SMILES string of the molecule is NS(=O)(=O)c1nc2ccc(NS(=O)(=O)c3c(F)c(F)c(F)c(F)c3F)cc2s1. The molecular weight excluding hydrogens is 453 g/mol. The molecule has 0 bridgehead atoms. The lowest BCUT2D eigenvalue weighted by molar-refractivity contribution is 0.358. The van der Waals surface area contributed by atoms with Gasteiger partial charge in [0.15, 0.2) is 28.2 Å². The summed E-state index contributed by atoms with van der Waals surface area (Å²) < 4.78 is 115. The van der Waals surface area contributed by atoms with Gasteiger partial charge in [0.05, 0.1) is 15.9 Å². The van der Waals surface area contributed by atoms with E-state index in [0.717, 1.165) is 18.2 Å². The third-order valence-corrected chi connectivity index (χ3v) is 7.04. The van der Waals surface area contributed by atoms with Gasteiger partial charge in [0.25, 0.3) is 20.0 Å². The molecule has 0 aliphatic heterocycles. The fraction of sp³-hybridized carbons (Fsp3) is 0. The normalized spacial score (nSPS) is 12.5. The van der Waals surface area contributed by atoms with Gasteiger partial charge in [-0.2, -0.15) is 0 Å². The fourth-order valence-corrected chi connectivity index (χ4v) is 5.00. The number of sulfonamides is 2. The summed E-state index contributed by atoms with van der Waals surface area (Å²) in [6.07, 6.45) is 0. The number of benzene rings is 2. The summed E-state index contributed by atoms with van der Waals surface area (Å²) in [7, 11) is -9.36. The van der Waals surface area contributed by atoms with E-state index >= 15 is 0 Å². The van der Waals surface area contributed by atoms with Gasteiger partial charge in [-0.15, -0.1) is 11.3 Å². The minimum atomic E-state index is -5.23. The highest BCUT2D eigenvalue weighted by atomic mass is 32.2. The number of halogens is 5. The molecule has 0 fully saturated rings. The van der Waals surface area contributed by atoms with E-state index in [2.05, 4.69) is 4.98 Å². The predicted molar refractivity (Wildman–Crippen MR) is 88.0 cm³/mol. The molecule has 0 saturated heterocycles. The van der Waals surface area contributed by atoms with Crippen molar-refractivity contribution in [2.45, 2.75) is 9.24 Å². The van der Waals surface area contributed by atoms with Crippen molar-refractivity contribution in [3.63, 3.8) is 0 Å². The fourth-order valence-electron chi connectivity index (χ4n) is 2.12. The first kappa shape index (κ1) is 20.4. The van der Waals surface area contributed by atoms with E-state index in [9.17, 15) is 38.8 Å². The van der Waals surface area contributed by atoms with Crippen LogP contribution in [0.3, 0.4) is 0 Å². The monoisotopic (exact) mass is 459 g/mol. The lowest BCUT2D eigenvalue weighted by Crippen LogP contribution is -2.19. The molecule has 0 amide bonds. The molecule has 15 heteroatoms. The van der Waals surface area contributed by atoms with Crippen LogP contribution in [0.25, 0.3) is 10.2 Å². The van der Waals surface area contributed by atoms with E-state index in [-0.39, 0.29) is 15.9 Å². The van der Waals surface area contributed by atoms with Gasteiger partial charge < -0.3 is 0 Å². The molecule has 3 N–H and O–H groups in total. The Labute approximate surface area is 157 Å². The van der Waals surface area contributed by atoms with E-state index in [1.807, 2.05) is 0 Å². The lowest BCUT2D eigenvalue weighted by Gasteiger charge is -2.11. The third kappa shape index (κ3) is 3.41. The number of primary sulfonamides is 1. The first-order chi connectivity index (χ1) is 12.8. The van der Waals surface area contributed by atoms with Crippen molar-refractivity contribution in [3.05, 3.63) is 47.3 Å². The Hall–Kier alpha value is -2.36. The molecule has 0 radical (unpaired) electrons. The Morgan fingerprint density at radius 3 is 1.96 bits per heavy atom. The maximum absolute atomic E-state index is 13.8. The number of hydrogen-bond acceptors (Lipinski definition) is 6. The molecule has 2 aromatic carbocycles. The molecule has 0 unspecified atom stereocenters. The van der Waals surface area contributed by atoms with Gasteiger partial charge in [0.1, 0.15) is 0 Å². The standard InChI is InChI=1S/C13H6F5N3O4S3/c14-7-8(15)10(17)12(11(18)9(7)16)28(24,25)21-4-1-2-5-6(3-4)26-13(20-5)27(19,22)23/h1-3,21H,(H2,19,22,23). The molecule has 3 rings (SSSR count). The smallest absolute Gasteiger partial charge is 0.267 e. The average molecular weight is 459 g/mol. The van der Waals surface area contributed by atoms with Gasteiger partial charge in [0.2, 0.25) is 10.2 Å². The molecule has 0 aliphatic carbocycles. The molecule has 0 saturated carbocycles. The first-order valence-corrected chi connectivity index (χ1v) is 10.6. The van der Waals surface area contributed by atoms with Crippen molar-refractivity contribution < 1.29 is 38.8 Å². The van der Waals surface area contributed by atoms with Crippen LogP contribution in [0.1, 0.15) is 0 Å². The summed E-state index contributed by atoms with van der Waals surface area (Å²) in [5.41, 5.74) is -0.228. The van der Waals surface area contributed by atoms with Crippen molar-refractivity contribution in [3.8, 4) is 0 Å². The summed E-state index contributed by atoms with van der Waals surface area (Å²) in [6.45, 7) is 0. The van der Waals surface area contributed by atoms with Crippen LogP contribution in [0, 0.1) is 29.1 Å². The molecular formula is C13H6F5N3O4S3. The number of anilines is 1. The van der Waals surface area contributed by atoms with Gasteiger partial charge in [0, 0.05) is 0 Å². The van der Waals surface area contributed by atoms with Crippen LogP contribution >= 0.6 is 11.3 Å². The van der Waals surface area contributed by atoms with Crippen LogP contribution in [-0.2, 0) is 20.0 Å². The van der Waals surface area contributed by atoms with Crippen LogP contribution in [0.2, 0.25) is 0 Å². The first-order valence-electron chi connectivity index (χ1n) is 6.80. The number of rotatable bonds is 4. The van der Waals surface area contributed by atoms with Crippen LogP contribution < -0.4 is 9.86 Å². The lowest BCUT2D eigenvalue weighted by atomic mass is 10.3. The molecule has 0 atom stereocenters. The van der Waals surface area contributed by atoms with Crippen molar-refractivity contribution in [1.82, 2.24) is 4.98 Å². The molecule has 7 nitrogen and oxygen atoms in total. The van der Waals surface area contributed by atoms with Gasteiger partial charge >= 0.3 is 0 Å². The number of hydrogen-bond donors (Lipinski definition) is 2. The zero-order valence-corrected chi connectivity index (χ0v) is 15.5. The second-order valence-corrected chi connectivity index (χ2v) is 9.60. The van der Waals surface area contributed by atoms with Crippen LogP contribution in [0.15, 0.2) is 27.4 Å². The molecule has 1 heterocycles. The number of nitrogens with zero attached hydrogens (tertiary/aromatic N) is 1. The number of fused-ring (bicyclic) bond motifs is 1. The average Bonchev–Trinajstić information content (AvgIpc) is 3.01. The highest BCUT2D eigenvalue weighted by Crippen LogP contribution is 2.31. The Bertz CT molecular complexity index is 1310. The second-order valence-electron chi connectivity index (χ2n) is 5.21. The summed E-state index contributed by atoms with van der Waals surface area (Å²) >= 11 is 0.577. The zero-order chi connectivity index (χ0) is 21.0. The van der Waals surface area contributed by atoms with Crippen molar-refractivity contribution >= 4 is 47.3 Å². The Morgan fingerprint density at radius 2 is 1.43 bits per heavy atom. The summed E-state index contributed by atoms with van der Waals surface area (Å²) in [5, 5.41) is 4.93. The molecule has 0 spiro atoms. The maximum atomic E-state index is 13.8. The minimum absolute atomic E-state index is 0.119. The highest BCUT2D eigenvalue weighted by molar-refractivity contribution is 7.92. The Morgan fingerprint density at radius 1 is 0.893 bits per heavy atom. The van der Waals surface area contributed by atoms with E-state index in [4.69, 9.17) is 5.14 Å². The van der Waals surface area contributed by atoms with Gasteiger partial charge in [-0.05, 0) is 18.2 Å². The van der Waals surface area contributed by atoms with Crippen molar-refractivity contribution in [2.24, 2.45) is 5.14 Å². The number of nitrogens with two attached hydrogens (primary N) is 1. The third-order valence-electron chi connectivity index (χ3n) is 3.30. The molecule has 3 aromatic rings. The molecule has 1 aromatic heterocycles. The van der Waals surface area contributed by atoms with Crippen LogP contribution in [0.4, 0.5) is 27.6 Å². The number of aromatic nitrogens is 1. The van der Waals surface area contributed by atoms with E-state index in [1.54, 1.807) is 4.72 Å². The van der Waals surface area contributed by atoms with Crippen molar-refractivity contribution in [1.29, 1.82) is 0 Å². The van der Waals surface area contributed by atoms with Crippen LogP contribution in [-0.4, -0.2) is 21.8 Å². The summed E-state index contributed by atoms with van der Waals surface area (Å²) in [4.78, 5) is 1.65. The zero-order valence-electron chi connectivity index (χ0n) is 13.0. The van der Waals surface area contributed by atoms with Gasteiger partial charge in [-0.1, -0.05) is 0 Å². The maximum Gasteiger partial charge on any atom is 0.267 e. The number of nitrogens with one attached hydrogen (secondary N) is 1.